The van der Waals surface area contributed by atoms with Gasteiger partial charge in [-0.1, -0.05) is 71.9 Å². The van der Waals surface area contributed by atoms with Crippen LogP contribution >= 0.6 is 0 Å². The summed E-state index contributed by atoms with van der Waals surface area (Å²) in [4.78, 5) is 22.5. The van der Waals surface area contributed by atoms with Gasteiger partial charge < -0.3 is 0 Å². The first-order valence-electron chi connectivity index (χ1n) is 8.32. The third-order valence-electron chi connectivity index (χ3n) is 2.96. The van der Waals surface area contributed by atoms with E-state index in [4.69, 9.17) is 0 Å². The molecule has 0 bridgehead atoms. The third kappa shape index (κ3) is 11.2. The molecule has 2 nitrogen and oxygen atoms in total. The lowest BCUT2D eigenvalue weighted by Crippen LogP contribution is -2.05. The van der Waals surface area contributed by atoms with E-state index in [-0.39, 0.29) is 5.78 Å². The molecule has 2 heteroatoms. The Balaban J connectivity index is 0.000000409. The second kappa shape index (κ2) is 11.2. The van der Waals surface area contributed by atoms with Gasteiger partial charge in [0.05, 0.1) is 0 Å². The lowest BCUT2D eigenvalue weighted by atomic mass is 10.00. The SMILES string of the molecule is CC(C)CC(=O)CC(C)C.CC(C)CC(=O)c1ccccc1. The summed E-state index contributed by atoms with van der Waals surface area (Å²) < 4.78 is 0. The number of benzene rings is 1. The first-order valence-corrected chi connectivity index (χ1v) is 8.32. The van der Waals surface area contributed by atoms with Crippen molar-refractivity contribution in [1.82, 2.24) is 0 Å². The molecular formula is C20H32O2. The van der Waals surface area contributed by atoms with Crippen LogP contribution in [0.4, 0.5) is 0 Å². The molecule has 0 radical (unpaired) electrons. The number of hydrogen-bond donors (Lipinski definition) is 0. The van der Waals surface area contributed by atoms with Gasteiger partial charge in [-0.25, -0.2) is 0 Å². The number of carbonyl (C=O) groups is 2. The van der Waals surface area contributed by atoms with Gasteiger partial charge >= 0.3 is 0 Å². The largest absolute Gasteiger partial charge is 0.300 e. The van der Waals surface area contributed by atoms with Gasteiger partial charge in [-0.2, -0.15) is 0 Å². The molecule has 0 unspecified atom stereocenters. The minimum absolute atomic E-state index is 0.241. The van der Waals surface area contributed by atoms with E-state index in [0.29, 0.717) is 30.0 Å². The third-order valence-corrected chi connectivity index (χ3v) is 2.96. The van der Waals surface area contributed by atoms with Crippen LogP contribution in [0.15, 0.2) is 30.3 Å². The van der Waals surface area contributed by atoms with E-state index in [0.717, 1.165) is 18.4 Å². The highest BCUT2D eigenvalue weighted by atomic mass is 16.1. The fourth-order valence-corrected chi connectivity index (χ4v) is 2.11. The second-order valence-corrected chi connectivity index (χ2v) is 7.12. The summed E-state index contributed by atoms with van der Waals surface area (Å²) in [7, 11) is 0. The molecule has 0 aliphatic heterocycles. The maximum Gasteiger partial charge on any atom is 0.163 e. The van der Waals surface area contributed by atoms with Gasteiger partial charge in [0.2, 0.25) is 0 Å². The molecule has 124 valence electrons. The van der Waals surface area contributed by atoms with Crippen molar-refractivity contribution >= 4 is 11.6 Å². The minimum atomic E-state index is 0.241. The molecule has 0 N–H and O–H groups in total. The van der Waals surface area contributed by atoms with E-state index in [1.807, 2.05) is 30.3 Å². The molecular weight excluding hydrogens is 272 g/mol. The molecule has 0 heterocycles. The Bertz CT molecular complexity index is 418. The number of hydrogen-bond acceptors (Lipinski definition) is 2. The predicted octanol–water partition coefficient (Wildman–Crippen LogP) is 5.56. The molecule has 1 aromatic carbocycles. The van der Waals surface area contributed by atoms with E-state index in [9.17, 15) is 9.59 Å². The minimum Gasteiger partial charge on any atom is -0.300 e. The molecule has 0 aromatic heterocycles. The van der Waals surface area contributed by atoms with E-state index < -0.39 is 0 Å². The smallest absolute Gasteiger partial charge is 0.163 e. The summed E-state index contributed by atoms with van der Waals surface area (Å²) in [6.45, 7) is 12.4. The maximum absolute atomic E-state index is 11.5. The quantitative estimate of drug-likeness (QED) is 0.618. The summed E-state index contributed by atoms with van der Waals surface area (Å²) in [5.41, 5.74) is 0.825. The van der Waals surface area contributed by atoms with Crippen molar-refractivity contribution in [2.45, 2.75) is 60.8 Å². The van der Waals surface area contributed by atoms with Crippen LogP contribution < -0.4 is 0 Å². The van der Waals surface area contributed by atoms with Gasteiger partial charge in [-0.3, -0.25) is 9.59 Å². The van der Waals surface area contributed by atoms with Crippen LogP contribution in [0.3, 0.4) is 0 Å². The second-order valence-electron chi connectivity index (χ2n) is 7.12. The van der Waals surface area contributed by atoms with Gasteiger partial charge in [0.15, 0.2) is 5.78 Å². The fourth-order valence-electron chi connectivity index (χ4n) is 2.11. The molecule has 1 rings (SSSR count). The highest BCUT2D eigenvalue weighted by molar-refractivity contribution is 5.96. The average molecular weight is 304 g/mol. The molecule has 22 heavy (non-hydrogen) atoms. The summed E-state index contributed by atoms with van der Waals surface area (Å²) in [6, 6.07) is 9.45. The van der Waals surface area contributed by atoms with Crippen molar-refractivity contribution in [3.63, 3.8) is 0 Å². The fraction of sp³-hybridized carbons (Fsp3) is 0.600. The van der Waals surface area contributed by atoms with E-state index in [2.05, 4.69) is 41.5 Å². The van der Waals surface area contributed by atoms with Crippen LogP contribution in [0, 0.1) is 17.8 Å². The highest BCUT2D eigenvalue weighted by Gasteiger charge is 2.07. The Labute approximate surface area is 136 Å². The molecule has 0 saturated carbocycles. The number of Topliss-reactive ketones (excluding diaryl/α,β-unsaturated/α-hetero) is 2. The van der Waals surface area contributed by atoms with Crippen molar-refractivity contribution in [2.24, 2.45) is 17.8 Å². The predicted molar refractivity (Wildman–Crippen MR) is 94.1 cm³/mol. The lowest BCUT2D eigenvalue weighted by Gasteiger charge is -2.05. The Morgan fingerprint density at radius 2 is 1.14 bits per heavy atom. The van der Waals surface area contributed by atoms with Crippen molar-refractivity contribution in [3.05, 3.63) is 35.9 Å². The van der Waals surface area contributed by atoms with Crippen LogP contribution in [0.25, 0.3) is 0 Å². The highest BCUT2D eigenvalue weighted by Crippen LogP contribution is 2.08. The summed E-state index contributed by atoms with van der Waals surface area (Å²) in [6.07, 6.45) is 2.14. The Morgan fingerprint density at radius 3 is 1.50 bits per heavy atom. The Morgan fingerprint density at radius 1 is 0.727 bits per heavy atom. The van der Waals surface area contributed by atoms with Gasteiger partial charge in [-0.05, 0) is 17.8 Å². The van der Waals surface area contributed by atoms with Gasteiger partial charge in [0, 0.05) is 24.8 Å². The number of ketones is 2. The lowest BCUT2D eigenvalue weighted by molar-refractivity contribution is -0.120. The average Bonchev–Trinajstić information content (AvgIpc) is 2.37. The maximum atomic E-state index is 11.5. The zero-order chi connectivity index (χ0) is 17.1. The normalized spacial score (nSPS) is 10.6. The molecule has 0 atom stereocenters. The number of rotatable bonds is 7. The van der Waals surface area contributed by atoms with Crippen molar-refractivity contribution in [2.75, 3.05) is 0 Å². The summed E-state index contributed by atoms with van der Waals surface area (Å²) >= 11 is 0. The number of carbonyl (C=O) groups excluding carboxylic acids is 2. The van der Waals surface area contributed by atoms with E-state index in [1.165, 1.54) is 0 Å². The molecule has 0 aliphatic carbocycles. The first kappa shape index (κ1) is 20.6. The molecule has 0 amide bonds. The van der Waals surface area contributed by atoms with Crippen LogP contribution in [0.5, 0.6) is 0 Å². The summed E-state index contributed by atoms with van der Waals surface area (Å²) in [5.74, 6) is 2.13. The summed E-state index contributed by atoms with van der Waals surface area (Å²) in [5, 5.41) is 0. The molecule has 0 aliphatic rings. The van der Waals surface area contributed by atoms with Crippen LogP contribution in [0.2, 0.25) is 0 Å². The van der Waals surface area contributed by atoms with Crippen LogP contribution in [-0.2, 0) is 4.79 Å². The zero-order valence-corrected chi connectivity index (χ0v) is 15.1. The Hall–Kier alpha value is -1.44. The van der Waals surface area contributed by atoms with Crippen LogP contribution in [0.1, 0.15) is 71.2 Å². The van der Waals surface area contributed by atoms with Crippen LogP contribution in [-0.4, -0.2) is 11.6 Å². The zero-order valence-electron chi connectivity index (χ0n) is 15.1. The van der Waals surface area contributed by atoms with Crippen molar-refractivity contribution in [3.8, 4) is 0 Å². The van der Waals surface area contributed by atoms with Gasteiger partial charge in [0.1, 0.15) is 5.78 Å². The molecule has 0 saturated heterocycles. The topological polar surface area (TPSA) is 34.1 Å². The van der Waals surface area contributed by atoms with Gasteiger partial charge in [-0.15, -0.1) is 0 Å². The van der Waals surface area contributed by atoms with Gasteiger partial charge in [0.25, 0.3) is 0 Å². The van der Waals surface area contributed by atoms with Crippen molar-refractivity contribution in [1.29, 1.82) is 0 Å². The Kier molecular flexibility index (Phi) is 10.4. The molecule has 1 aromatic rings. The molecule has 0 spiro atoms. The molecule has 0 fully saturated rings. The van der Waals surface area contributed by atoms with E-state index in [1.54, 1.807) is 0 Å². The van der Waals surface area contributed by atoms with Crippen molar-refractivity contribution < 1.29 is 9.59 Å². The first-order chi connectivity index (χ1) is 10.2. The standard InChI is InChI=1S/C11H14O.C9H18O/c1-9(2)8-11(12)10-6-4-3-5-7-10;1-7(2)5-9(10)6-8(3)4/h3-7,9H,8H2,1-2H3;7-8H,5-6H2,1-4H3. The monoisotopic (exact) mass is 304 g/mol. The van der Waals surface area contributed by atoms with E-state index >= 15 is 0 Å².